The second-order valence-corrected chi connectivity index (χ2v) is 4.11. The molecule has 104 valence electrons. The van der Waals surface area contributed by atoms with Gasteiger partial charge in [0, 0.05) is 26.2 Å². The first-order valence-corrected chi connectivity index (χ1v) is 6.45. The number of hydrogen-bond acceptors (Lipinski definition) is 6. The molecule has 1 fully saturated rings. The quantitative estimate of drug-likeness (QED) is 0.455. The van der Waals surface area contributed by atoms with Crippen molar-refractivity contribution in [3.05, 3.63) is 0 Å². The Labute approximate surface area is 108 Å². The van der Waals surface area contributed by atoms with Crippen molar-refractivity contribution in [3.63, 3.8) is 0 Å². The van der Waals surface area contributed by atoms with Crippen molar-refractivity contribution in [2.75, 3.05) is 39.4 Å². The molecule has 1 aliphatic heterocycles. The fourth-order valence-corrected chi connectivity index (χ4v) is 1.56. The molecule has 0 amide bonds. The van der Waals surface area contributed by atoms with Crippen LogP contribution in [0.2, 0.25) is 0 Å². The van der Waals surface area contributed by atoms with Crippen LogP contribution in [-0.2, 0) is 19.1 Å². The molecule has 18 heavy (non-hydrogen) atoms. The Hall–Kier alpha value is -1.14. The van der Waals surface area contributed by atoms with Crippen LogP contribution in [0.25, 0.3) is 0 Å². The van der Waals surface area contributed by atoms with Gasteiger partial charge in [0.25, 0.3) is 0 Å². The zero-order valence-corrected chi connectivity index (χ0v) is 11.1. The summed E-state index contributed by atoms with van der Waals surface area (Å²) < 4.78 is 9.78. The summed E-state index contributed by atoms with van der Waals surface area (Å²) in [6.07, 6.45) is 0.0205. The third kappa shape index (κ3) is 5.97. The number of rotatable bonds is 9. The van der Waals surface area contributed by atoms with Gasteiger partial charge in [-0.15, -0.1) is 0 Å². The molecule has 0 bridgehead atoms. The smallest absolute Gasteiger partial charge is 0.323 e. The lowest BCUT2D eigenvalue weighted by molar-refractivity contribution is -0.152. The maximum atomic E-state index is 11.7. The lowest BCUT2D eigenvalue weighted by Gasteiger charge is -2.16. The van der Waals surface area contributed by atoms with Crippen molar-refractivity contribution >= 4 is 11.9 Å². The van der Waals surface area contributed by atoms with Crippen molar-refractivity contribution < 1.29 is 19.1 Å². The molecule has 1 unspecified atom stereocenters. The monoisotopic (exact) mass is 258 g/mol. The Kier molecular flexibility index (Phi) is 6.67. The molecule has 6 nitrogen and oxygen atoms in total. The summed E-state index contributed by atoms with van der Waals surface area (Å²) in [7, 11) is 0. The topological polar surface area (TPSA) is 67.6 Å². The van der Waals surface area contributed by atoms with E-state index < -0.39 is 12.0 Å². The van der Waals surface area contributed by atoms with E-state index in [1.807, 2.05) is 0 Å². The van der Waals surface area contributed by atoms with E-state index in [1.165, 1.54) is 0 Å². The largest absolute Gasteiger partial charge is 0.466 e. The Bertz CT molecular complexity index is 279. The highest BCUT2D eigenvalue weighted by Gasteiger charge is 2.24. The number of esters is 2. The normalized spacial score (nSPS) is 16.1. The van der Waals surface area contributed by atoms with E-state index in [0.29, 0.717) is 19.8 Å². The van der Waals surface area contributed by atoms with Gasteiger partial charge in [-0.25, -0.2) is 0 Å². The minimum absolute atomic E-state index is 0.0205. The Morgan fingerprint density at radius 3 is 2.44 bits per heavy atom. The summed E-state index contributed by atoms with van der Waals surface area (Å²) in [5, 5.41) is 3.05. The van der Waals surface area contributed by atoms with Gasteiger partial charge in [-0.3, -0.25) is 14.5 Å². The number of nitrogens with one attached hydrogen (secondary N) is 1. The van der Waals surface area contributed by atoms with Gasteiger partial charge in [0.1, 0.15) is 6.04 Å². The molecule has 1 rings (SSSR count). The molecular weight excluding hydrogens is 236 g/mol. The highest BCUT2D eigenvalue weighted by Crippen LogP contribution is 2.02. The molecule has 1 saturated heterocycles. The zero-order chi connectivity index (χ0) is 13.4. The molecule has 1 aliphatic rings. The molecule has 0 saturated carbocycles. The van der Waals surface area contributed by atoms with Crippen LogP contribution in [0, 0.1) is 0 Å². The van der Waals surface area contributed by atoms with Crippen molar-refractivity contribution in [2.45, 2.75) is 26.3 Å². The maximum absolute atomic E-state index is 11.7. The second kappa shape index (κ2) is 8.05. The molecule has 0 spiro atoms. The average molecular weight is 258 g/mol. The minimum atomic E-state index is -0.607. The summed E-state index contributed by atoms with van der Waals surface area (Å²) >= 11 is 0. The van der Waals surface area contributed by atoms with Crippen LogP contribution in [-0.4, -0.2) is 62.3 Å². The van der Waals surface area contributed by atoms with Crippen LogP contribution >= 0.6 is 0 Å². The van der Waals surface area contributed by atoms with Crippen molar-refractivity contribution in [1.29, 1.82) is 0 Å². The van der Waals surface area contributed by atoms with E-state index in [2.05, 4.69) is 10.2 Å². The molecular formula is C12H22N2O4. The first-order chi connectivity index (χ1) is 8.67. The third-order valence-electron chi connectivity index (χ3n) is 2.61. The van der Waals surface area contributed by atoms with E-state index >= 15 is 0 Å². The van der Waals surface area contributed by atoms with E-state index in [4.69, 9.17) is 9.47 Å². The first kappa shape index (κ1) is 14.9. The summed E-state index contributed by atoms with van der Waals surface area (Å²) in [6.45, 7) is 7.91. The standard InChI is InChI=1S/C12H22N2O4/c1-3-17-11(15)9-10(12(16)18-4-2)13-5-6-14-7-8-14/h10,13H,3-9H2,1-2H3. The maximum Gasteiger partial charge on any atom is 0.323 e. The first-order valence-electron chi connectivity index (χ1n) is 6.45. The van der Waals surface area contributed by atoms with Gasteiger partial charge in [0.05, 0.1) is 19.6 Å². The average Bonchev–Trinajstić information content (AvgIpc) is 3.12. The molecule has 0 radical (unpaired) electrons. The molecule has 6 heteroatoms. The minimum Gasteiger partial charge on any atom is -0.466 e. The summed E-state index contributed by atoms with van der Waals surface area (Å²) in [6, 6.07) is -0.607. The highest BCUT2D eigenvalue weighted by atomic mass is 16.5. The van der Waals surface area contributed by atoms with Crippen LogP contribution in [0.1, 0.15) is 20.3 Å². The van der Waals surface area contributed by atoms with Gasteiger partial charge in [0.15, 0.2) is 0 Å². The van der Waals surface area contributed by atoms with Crippen LogP contribution < -0.4 is 5.32 Å². The highest BCUT2D eigenvalue weighted by molar-refractivity contribution is 5.82. The number of nitrogens with zero attached hydrogens (tertiary/aromatic N) is 1. The van der Waals surface area contributed by atoms with Crippen LogP contribution in [0.3, 0.4) is 0 Å². The van der Waals surface area contributed by atoms with Crippen molar-refractivity contribution in [1.82, 2.24) is 10.2 Å². The van der Waals surface area contributed by atoms with E-state index in [-0.39, 0.29) is 12.4 Å². The van der Waals surface area contributed by atoms with Gasteiger partial charge in [-0.1, -0.05) is 0 Å². The van der Waals surface area contributed by atoms with Gasteiger partial charge in [0.2, 0.25) is 0 Å². The van der Waals surface area contributed by atoms with Crippen molar-refractivity contribution in [3.8, 4) is 0 Å². The zero-order valence-electron chi connectivity index (χ0n) is 11.1. The van der Waals surface area contributed by atoms with E-state index in [9.17, 15) is 9.59 Å². The molecule has 0 aromatic heterocycles. The van der Waals surface area contributed by atoms with Crippen LogP contribution in [0.4, 0.5) is 0 Å². The third-order valence-corrected chi connectivity index (χ3v) is 2.61. The van der Waals surface area contributed by atoms with Gasteiger partial charge in [-0.2, -0.15) is 0 Å². The van der Waals surface area contributed by atoms with Gasteiger partial charge >= 0.3 is 11.9 Å². The number of hydrogen-bond donors (Lipinski definition) is 1. The summed E-state index contributed by atoms with van der Waals surface area (Å²) in [5.74, 6) is -0.772. The lowest BCUT2D eigenvalue weighted by atomic mass is 10.2. The molecule has 0 aromatic rings. The fourth-order valence-electron chi connectivity index (χ4n) is 1.56. The summed E-state index contributed by atoms with van der Waals surface area (Å²) in [5.41, 5.74) is 0. The van der Waals surface area contributed by atoms with Gasteiger partial charge < -0.3 is 14.8 Å². The number of carbonyl (C=O) groups excluding carboxylic acids is 2. The Balaban J connectivity index is 2.33. The van der Waals surface area contributed by atoms with E-state index in [1.54, 1.807) is 13.8 Å². The summed E-state index contributed by atoms with van der Waals surface area (Å²) in [4.78, 5) is 25.3. The fraction of sp³-hybridized carbons (Fsp3) is 0.833. The SMILES string of the molecule is CCOC(=O)CC(NCCN1CC1)C(=O)OCC. The van der Waals surface area contributed by atoms with E-state index in [0.717, 1.165) is 19.6 Å². The number of ether oxygens (including phenoxy) is 2. The van der Waals surface area contributed by atoms with Gasteiger partial charge in [-0.05, 0) is 13.8 Å². The molecule has 1 N–H and O–H groups in total. The van der Waals surface area contributed by atoms with Crippen molar-refractivity contribution in [2.24, 2.45) is 0 Å². The van der Waals surface area contributed by atoms with Crippen LogP contribution in [0.15, 0.2) is 0 Å². The molecule has 0 aromatic carbocycles. The van der Waals surface area contributed by atoms with Crippen LogP contribution in [0.5, 0.6) is 0 Å². The number of carbonyl (C=O) groups is 2. The predicted octanol–water partition coefficient (Wildman–Crippen LogP) is -0.223. The molecule has 0 aliphatic carbocycles. The Morgan fingerprint density at radius 2 is 1.89 bits per heavy atom. The lowest BCUT2D eigenvalue weighted by Crippen LogP contribution is -2.42. The molecule has 1 atom stereocenters. The molecule has 1 heterocycles. The second-order valence-electron chi connectivity index (χ2n) is 4.11. The predicted molar refractivity (Wildman–Crippen MR) is 66.1 cm³/mol. The Morgan fingerprint density at radius 1 is 1.22 bits per heavy atom.